The van der Waals surface area contributed by atoms with Crippen molar-refractivity contribution >= 4 is 17.9 Å². The van der Waals surface area contributed by atoms with Gasteiger partial charge in [0.1, 0.15) is 0 Å². The summed E-state index contributed by atoms with van der Waals surface area (Å²) in [6, 6.07) is 0. The molecule has 1 heterocycles. The van der Waals surface area contributed by atoms with Crippen LogP contribution >= 0.6 is 0 Å². The molecule has 0 unspecified atom stereocenters. The van der Waals surface area contributed by atoms with Gasteiger partial charge >= 0.3 is 17.9 Å². The Kier molecular flexibility index (Phi) is 3.73. The molecule has 2 atom stereocenters. The van der Waals surface area contributed by atoms with Crippen LogP contribution in [0.1, 0.15) is 25.7 Å². The number of carbonyl (C=O) groups is 3. The predicted octanol–water partition coefficient (Wildman–Crippen LogP) is 0.408. The standard InChI is InChI=1S/C13H18O7/c1-17-10(15)12(11(16)18-2)5-4-6-13(19-3)8(12)7-9(14)20-13/h8H,4-7H2,1-3H3/t8-,13+/m1/s1. The van der Waals surface area contributed by atoms with Gasteiger partial charge in [-0.05, 0) is 12.8 Å². The number of esters is 3. The Morgan fingerprint density at radius 2 is 1.75 bits per heavy atom. The van der Waals surface area contributed by atoms with E-state index in [-0.39, 0.29) is 12.8 Å². The lowest BCUT2D eigenvalue weighted by molar-refractivity contribution is -0.252. The normalized spacial score (nSPS) is 31.1. The number of rotatable bonds is 3. The van der Waals surface area contributed by atoms with E-state index in [1.54, 1.807) is 0 Å². The second kappa shape index (κ2) is 5.05. The Balaban J connectivity index is 2.53. The molecule has 0 spiro atoms. The minimum absolute atomic E-state index is 0.0714. The first-order valence-corrected chi connectivity index (χ1v) is 6.40. The molecule has 1 aliphatic carbocycles. The molecular formula is C13H18O7. The van der Waals surface area contributed by atoms with Crippen molar-refractivity contribution < 1.29 is 33.3 Å². The van der Waals surface area contributed by atoms with Gasteiger partial charge in [-0.15, -0.1) is 0 Å². The molecule has 0 N–H and O–H groups in total. The Labute approximate surface area is 116 Å². The van der Waals surface area contributed by atoms with E-state index in [2.05, 4.69) is 0 Å². The van der Waals surface area contributed by atoms with E-state index in [1.165, 1.54) is 21.3 Å². The molecule has 20 heavy (non-hydrogen) atoms. The zero-order valence-electron chi connectivity index (χ0n) is 11.8. The smallest absolute Gasteiger partial charge is 0.323 e. The van der Waals surface area contributed by atoms with Crippen LogP contribution in [-0.2, 0) is 33.3 Å². The summed E-state index contributed by atoms with van der Waals surface area (Å²) in [5.41, 5.74) is -1.55. The summed E-state index contributed by atoms with van der Waals surface area (Å²) in [6.07, 6.45) is 1.11. The minimum Gasteiger partial charge on any atom is -0.468 e. The van der Waals surface area contributed by atoms with E-state index < -0.39 is 35.0 Å². The van der Waals surface area contributed by atoms with Crippen molar-refractivity contribution in [1.82, 2.24) is 0 Å². The fourth-order valence-corrected chi connectivity index (χ4v) is 3.41. The van der Waals surface area contributed by atoms with Crippen LogP contribution in [0.3, 0.4) is 0 Å². The molecule has 0 aromatic heterocycles. The molecule has 0 bridgehead atoms. The van der Waals surface area contributed by atoms with E-state index in [0.29, 0.717) is 12.8 Å². The number of methoxy groups -OCH3 is 3. The van der Waals surface area contributed by atoms with Crippen LogP contribution in [0.15, 0.2) is 0 Å². The topological polar surface area (TPSA) is 88.1 Å². The Morgan fingerprint density at radius 1 is 1.15 bits per heavy atom. The maximum atomic E-state index is 12.3. The molecule has 112 valence electrons. The summed E-state index contributed by atoms with van der Waals surface area (Å²) < 4.78 is 20.2. The van der Waals surface area contributed by atoms with Gasteiger partial charge in [-0.3, -0.25) is 14.4 Å². The van der Waals surface area contributed by atoms with E-state index in [4.69, 9.17) is 18.9 Å². The lowest BCUT2D eigenvalue weighted by atomic mass is 9.62. The van der Waals surface area contributed by atoms with Gasteiger partial charge in [-0.25, -0.2) is 0 Å². The molecule has 7 heteroatoms. The lowest BCUT2D eigenvalue weighted by Crippen LogP contribution is -2.58. The van der Waals surface area contributed by atoms with Gasteiger partial charge in [-0.1, -0.05) is 0 Å². The van der Waals surface area contributed by atoms with Gasteiger partial charge in [0.2, 0.25) is 5.79 Å². The molecule has 0 radical (unpaired) electrons. The number of hydrogen-bond donors (Lipinski definition) is 0. The molecule has 0 amide bonds. The van der Waals surface area contributed by atoms with Crippen LogP contribution in [0.2, 0.25) is 0 Å². The first-order valence-electron chi connectivity index (χ1n) is 6.40. The van der Waals surface area contributed by atoms with Crippen LogP contribution < -0.4 is 0 Å². The molecule has 2 rings (SSSR count). The first-order chi connectivity index (χ1) is 9.46. The van der Waals surface area contributed by atoms with Gasteiger partial charge in [0.05, 0.1) is 26.6 Å². The maximum absolute atomic E-state index is 12.3. The van der Waals surface area contributed by atoms with Crippen LogP contribution in [0, 0.1) is 11.3 Å². The highest BCUT2D eigenvalue weighted by Gasteiger charge is 2.68. The zero-order valence-corrected chi connectivity index (χ0v) is 11.8. The molecule has 1 aliphatic heterocycles. The summed E-state index contributed by atoms with van der Waals surface area (Å²) >= 11 is 0. The number of fused-ring (bicyclic) bond motifs is 1. The van der Waals surface area contributed by atoms with E-state index >= 15 is 0 Å². The van der Waals surface area contributed by atoms with E-state index in [0.717, 1.165) is 0 Å². The van der Waals surface area contributed by atoms with Crippen molar-refractivity contribution in [2.75, 3.05) is 21.3 Å². The first kappa shape index (κ1) is 14.8. The average Bonchev–Trinajstić information content (AvgIpc) is 2.82. The highest BCUT2D eigenvalue weighted by Crippen LogP contribution is 2.55. The molecule has 1 saturated heterocycles. The number of hydrogen-bond acceptors (Lipinski definition) is 7. The third-order valence-corrected chi connectivity index (χ3v) is 4.32. The van der Waals surface area contributed by atoms with E-state index in [1.807, 2.05) is 0 Å². The van der Waals surface area contributed by atoms with Gasteiger partial charge in [-0.2, -0.15) is 0 Å². The minimum atomic E-state index is -1.55. The zero-order chi connectivity index (χ0) is 15.0. The second-order valence-electron chi connectivity index (χ2n) is 5.05. The Morgan fingerprint density at radius 3 is 2.25 bits per heavy atom. The monoisotopic (exact) mass is 286 g/mol. The summed E-state index contributed by atoms with van der Waals surface area (Å²) in [6.45, 7) is 0. The van der Waals surface area contributed by atoms with Crippen molar-refractivity contribution in [3.8, 4) is 0 Å². The Bertz CT molecular complexity index is 428. The third-order valence-electron chi connectivity index (χ3n) is 4.32. The summed E-state index contributed by atoms with van der Waals surface area (Å²) in [7, 11) is 3.80. The van der Waals surface area contributed by atoms with Crippen molar-refractivity contribution in [3.05, 3.63) is 0 Å². The van der Waals surface area contributed by atoms with Crippen LogP contribution in [0.25, 0.3) is 0 Å². The molecule has 7 nitrogen and oxygen atoms in total. The molecule has 0 aromatic rings. The van der Waals surface area contributed by atoms with Crippen molar-refractivity contribution in [1.29, 1.82) is 0 Å². The predicted molar refractivity (Wildman–Crippen MR) is 64.3 cm³/mol. The average molecular weight is 286 g/mol. The van der Waals surface area contributed by atoms with Crippen LogP contribution in [0.4, 0.5) is 0 Å². The van der Waals surface area contributed by atoms with Gasteiger partial charge < -0.3 is 18.9 Å². The molecule has 2 fully saturated rings. The van der Waals surface area contributed by atoms with Gasteiger partial charge in [0.25, 0.3) is 0 Å². The van der Waals surface area contributed by atoms with Crippen molar-refractivity contribution in [2.45, 2.75) is 31.5 Å². The third kappa shape index (κ3) is 1.80. The summed E-state index contributed by atoms with van der Waals surface area (Å²) in [5.74, 6) is -3.91. The molecule has 1 saturated carbocycles. The van der Waals surface area contributed by atoms with Crippen molar-refractivity contribution in [3.63, 3.8) is 0 Å². The highest BCUT2D eigenvalue weighted by atomic mass is 16.7. The molecular weight excluding hydrogens is 268 g/mol. The lowest BCUT2D eigenvalue weighted by Gasteiger charge is -2.44. The number of carbonyl (C=O) groups excluding carboxylic acids is 3. The fourth-order valence-electron chi connectivity index (χ4n) is 3.41. The van der Waals surface area contributed by atoms with Crippen LogP contribution in [-0.4, -0.2) is 45.0 Å². The molecule has 2 aliphatic rings. The Hall–Kier alpha value is -1.63. The fraction of sp³-hybridized carbons (Fsp3) is 0.769. The van der Waals surface area contributed by atoms with Crippen molar-refractivity contribution in [2.24, 2.45) is 11.3 Å². The SMILES string of the molecule is COC(=O)C1(C(=O)OC)CCC[C@]2(OC)OC(=O)C[C@H]12. The summed E-state index contributed by atoms with van der Waals surface area (Å²) in [5, 5.41) is 0. The quantitative estimate of drug-likeness (QED) is 0.421. The largest absolute Gasteiger partial charge is 0.468 e. The van der Waals surface area contributed by atoms with Gasteiger partial charge in [0.15, 0.2) is 5.41 Å². The maximum Gasteiger partial charge on any atom is 0.323 e. The number of ether oxygens (including phenoxy) is 4. The van der Waals surface area contributed by atoms with Gasteiger partial charge in [0, 0.05) is 13.5 Å². The summed E-state index contributed by atoms with van der Waals surface area (Å²) in [4.78, 5) is 36.2. The molecule has 0 aromatic carbocycles. The highest BCUT2D eigenvalue weighted by molar-refractivity contribution is 6.01. The van der Waals surface area contributed by atoms with E-state index in [9.17, 15) is 14.4 Å². The van der Waals surface area contributed by atoms with Crippen LogP contribution in [0.5, 0.6) is 0 Å². The second-order valence-corrected chi connectivity index (χ2v) is 5.05.